The van der Waals surface area contributed by atoms with Gasteiger partial charge >= 0.3 is 0 Å². The van der Waals surface area contributed by atoms with Crippen LogP contribution in [-0.4, -0.2) is 30.5 Å². The molecule has 0 bridgehead atoms. The van der Waals surface area contributed by atoms with E-state index in [1.807, 2.05) is 12.1 Å². The van der Waals surface area contributed by atoms with Crippen LogP contribution in [0.5, 0.6) is 0 Å². The molecule has 3 N–H and O–H groups in total. The smallest absolute Gasteiger partial charge is 0.156 e. The second kappa shape index (κ2) is 7.39. The summed E-state index contributed by atoms with van der Waals surface area (Å²) in [5, 5.41) is 4.13. The Balaban J connectivity index is 1.75. The van der Waals surface area contributed by atoms with E-state index in [1.165, 1.54) is 6.07 Å². The number of amidine groups is 1. The van der Waals surface area contributed by atoms with Crippen LogP contribution in [0.3, 0.4) is 0 Å². The van der Waals surface area contributed by atoms with Gasteiger partial charge < -0.3 is 11.1 Å². The van der Waals surface area contributed by atoms with E-state index in [4.69, 9.17) is 5.73 Å². The number of nitrogens with two attached hydrogens (primary N) is 1. The summed E-state index contributed by atoms with van der Waals surface area (Å²) in [6.45, 7) is 5.32. The lowest BCUT2D eigenvalue weighted by atomic mass is 9.92. The Morgan fingerprint density at radius 2 is 1.97 bits per heavy atom. The van der Waals surface area contributed by atoms with Crippen LogP contribution in [0.2, 0.25) is 0 Å². The van der Waals surface area contributed by atoms with Gasteiger partial charge in [0.15, 0.2) is 5.82 Å². The molecule has 2 atom stereocenters. The van der Waals surface area contributed by atoms with Crippen LogP contribution in [0.1, 0.15) is 26.3 Å². The number of anilines is 2. The predicted octanol–water partition coefficient (Wildman–Crippen LogP) is 4.39. The third-order valence-corrected chi connectivity index (χ3v) is 7.95. The van der Waals surface area contributed by atoms with E-state index in [1.54, 1.807) is 45.3 Å². The van der Waals surface area contributed by atoms with Gasteiger partial charge in [0.2, 0.25) is 0 Å². The number of nitrogens with zero attached hydrogens (tertiary/aromatic N) is 3. The number of aromatic nitrogens is 2. The van der Waals surface area contributed by atoms with Gasteiger partial charge in [-0.05, 0) is 67.0 Å². The number of halogens is 2. The van der Waals surface area contributed by atoms with Crippen molar-refractivity contribution in [2.75, 3.05) is 11.1 Å². The lowest BCUT2D eigenvalue weighted by Gasteiger charge is -2.37. The molecular weight excluding hydrogens is 469 g/mol. The highest BCUT2D eigenvalue weighted by atomic mass is 79.9. The first-order valence-electron chi connectivity index (χ1n) is 9.32. The van der Waals surface area contributed by atoms with Gasteiger partial charge in [0, 0.05) is 44.3 Å². The standard InChI is InChI=1S/C21H21BrFN5OS/c1-20(2)19(24)28-21(3,11-30(20)29)15-9-14(4-5-16(15)23)27-18-17-12(6-7-25-18)8-13(22)10-26-17/h4-10H,11H2,1-3H3,(H2,24,28)(H,25,27)/t21-,30?/m0/s1. The zero-order valence-corrected chi connectivity index (χ0v) is 19.1. The number of rotatable bonds is 3. The van der Waals surface area contributed by atoms with Gasteiger partial charge in [-0.1, -0.05) is 0 Å². The summed E-state index contributed by atoms with van der Waals surface area (Å²) >= 11 is 3.42. The second-order valence-corrected chi connectivity index (χ2v) is 10.9. The Labute approximate surface area is 184 Å². The van der Waals surface area contributed by atoms with E-state index in [-0.39, 0.29) is 11.6 Å². The summed E-state index contributed by atoms with van der Waals surface area (Å²) in [6.07, 6.45) is 3.38. The first-order chi connectivity index (χ1) is 14.1. The number of nitrogens with one attached hydrogen (secondary N) is 1. The fraction of sp³-hybridized carbons (Fsp3) is 0.286. The molecule has 0 fully saturated rings. The first-order valence-corrected chi connectivity index (χ1v) is 11.4. The van der Waals surface area contributed by atoms with Crippen LogP contribution in [0.4, 0.5) is 15.9 Å². The molecule has 0 spiro atoms. The molecule has 156 valence electrons. The SMILES string of the molecule is CC1(C)C(N)=N[C@](C)(c2cc(Nc3nccc4cc(Br)cnc34)ccc2F)CS1=O. The van der Waals surface area contributed by atoms with Crippen molar-refractivity contribution in [1.82, 2.24) is 9.97 Å². The summed E-state index contributed by atoms with van der Waals surface area (Å²) in [5.41, 5.74) is 6.72. The highest BCUT2D eigenvalue weighted by molar-refractivity contribution is 9.10. The van der Waals surface area contributed by atoms with Gasteiger partial charge in [0.1, 0.15) is 17.2 Å². The maximum absolute atomic E-state index is 14.8. The van der Waals surface area contributed by atoms with Crippen LogP contribution in [0.15, 0.2) is 52.2 Å². The molecule has 6 nitrogen and oxygen atoms in total. The van der Waals surface area contributed by atoms with Gasteiger partial charge in [-0.25, -0.2) is 9.37 Å². The first kappa shape index (κ1) is 20.9. The summed E-state index contributed by atoms with van der Waals surface area (Å²) in [6, 6.07) is 8.47. The normalized spacial score (nSPS) is 23.2. The number of benzene rings is 1. The van der Waals surface area contributed by atoms with E-state index in [0.717, 1.165) is 9.86 Å². The van der Waals surface area contributed by atoms with Gasteiger partial charge in [-0.3, -0.25) is 14.2 Å². The molecule has 1 aromatic carbocycles. The van der Waals surface area contributed by atoms with Crippen molar-refractivity contribution in [3.05, 3.63) is 58.6 Å². The summed E-state index contributed by atoms with van der Waals surface area (Å²) in [4.78, 5) is 13.4. The van der Waals surface area contributed by atoms with Crippen molar-refractivity contribution >= 4 is 55.0 Å². The zero-order chi connectivity index (χ0) is 21.7. The molecule has 1 unspecified atom stereocenters. The molecule has 4 rings (SSSR count). The molecule has 9 heteroatoms. The van der Waals surface area contributed by atoms with Crippen molar-refractivity contribution in [3.63, 3.8) is 0 Å². The minimum atomic E-state index is -1.29. The van der Waals surface area contributed by atoms with Gasteiger partial charge in [0.25, 0.3) is 0 Å². The Hall–Kier alpha value is -2.39. The Bertz CT molecular complexity index is 1220. The molecule has 3 aromatic rings. The lowest BCUT2D eigenvalue weighted by molar-refractivity contribution is 0.494. The van der Waals surface area contributed by atoms with E-state index in [9.17, 15) is 8.60 Å². The quantitative estimate of drug-likeness (QED) is 0.568. The minimum Gasteiger partial charge on any atom is -0.386 e. The summed E-state index contributed by atoms with van der Waals surface area (Å²) in [7, 11) is -1.29. The molecule has 0 radical (unpaired) electrons. The minimum absolute atomic E-state index is 0.184. The third kappa shape index (κ3) is 3.60. The van der Waals surface area contributed by atoms with E-state index < -0.39 is 26.9 Å². The van der Waals surface area contributed by atoms with Crippen LogP contribution in [0.25, 0.3) is 10.9 Å². The second-order valence-electron chi connectivity index (χ2n) is 7.98. The predicted molar refractivity (Wildman–Crippen MR) is 123 cm³/mol. The summed E-state index contributed by atoms with van der Waals surface area (Å²) in [5.74, 6) is 0.574. The molecule has 0 amide bonds. The number of fused-ring (bicyclic) bond motifs is 1. The highest BCUT2D eigenvalue weighted by Crippen LogP contribution is 2.37. The molecule has 3 heterocycles. The van der Waals surface area contributed by atoms with E-state index in [0.29, 0.717) is 22.6 Å². The van der Waals surface area contributed by atoms with E-state index in [2.05, 4.69) is 36.2 Å². The van der Waals surface area contributed by atoms with Crippen molar-refractivity contribution in [3.8, 4) is 0 Å². The molecule has 1 aliphatic heterocycles. The molecule has 1 aliphatic rings. The van der Waals surface area contributed by atoms with Crippen LogP contribution < -0.4 is 11.1 Å². The van der Waals surface area contributed by atoms with E-state index >= 15 is 0 Å². The highest BCUT2D eigenvalue weighted by Gasteiger charge is 2.44. The number of hydrogen-bond acceptors (Lipinski definition) is 6. The third-order valence-electron chi connectivity index (χ3n) is 5.34. The number of pyridine rings is 2. The van der Waals surface area contributed by atoms with Crippen molar-refractivity contribution in [1.29, 1.82) is 0 Å². The Kier molecular flexibility index (Phi) is 5.14. The fourth-order valence-corrected chi connectivity index (χ4v) is 5.12. The van der Waals surface area contributed by atoms with Gasteiger partial charge in [0.05, 0.1) is 16.0 Å². The van der Waals surface area contributed by atoms with Gasteiger partial charge in [-0.2, -0.15) is 0 Å². The molecule has 30 heavy (non-hydrogen) atoms. The maximum Gasteiger partial charge on any atom is 0.156 e. The largest absolute Gasteiger partial charge is 0.386 e. The Morgan fingerprint density at radius 1 is 1.20 bits per heavy atom. The van der Waals surface area contributed by atoms with Crippen LogP contribution in [0, 0.1) is 5.82 Å². The number of aliphatic imine (C=N–C) groups is 1. The van der Waals surface area contributed by atoms with Crippen molar-refractivity contribution in [2.24, 2.45) is 10.7 Å². The Morgan fingerprint density at radius 3 is 2.70 bits per heavy atom. The molecule has 0 saturated heterocycles. The summed E-state index contributed by atoms with van der Waals surface area (Å²) < 4.78 is 27.7. The number of hydrogen-bond donors (Lipinski definition) is 2. The van der Waals surface area contributed by atoms with Crippen molar-refractivity contribution in [2.45, 2.75) is 31.1 Å². The average molecular weight is 490 g/mol. The molecular formula is C21H21BrFN5OS. The van der Waals surface area contributed by atoms with Crippen molar-refractivity contribution < 1.29 is 8.60 Å². The molecule has 0 aliphatic carbocycles. The van der Waals surface area contributed by atoms with Crippen LogP contribution in [-0.2, 0) is 16.3 Å². The topological polar surface area (TPSA) is 93.3 Å². The molecule has 2 aromatic heterocycles. The average Bonchev–Trinajstić information content (AvgIpc) is 2.68. The lowest BCUT2D eigenvalue weighted by Crippen LogP contribution is -2.52. The monoisotopic (exact) mass is 489 g/mol. The van der Waals surface area contributed by atoms with Gasteiger partial charge in [-0.15, -0.1) is 0 Å². The van der Waals surface area contributed by atoms with Crippen LogP contribution >= 0.6 is 15.9 Å². The zero-order valence-electron chi connectivity index (χ0n) is 16.7. The molecule has 0 saturated carbocycles. The fourth-order valence-electron chi connectivity index (χ4n) is 3.40. The maximum atomic E-state index is 14.8.